The van der Waals surface area contributed by atoms with Gasteiger partial charge in [0.1, 0.15) is 11.6 Å². The molecule has 2 aliphatic rings. The Balaban J connectivity index is 1.36. The molecule has 1 aromatic heterocycles. The van der Waals surface area contributed by atoms with Crippen LogP contribution in [0.3, 0.4) is 0 Å². The largest absolute Gasteiger partial charge is 0.355 e. The zero-order chi connectivity index (χ0) is 23.7. The van der Waals surface area contributed by atoms with E-state index < -0.39 is 11.6 Å². The second-order valence-corrected chi connectivity index (χ2v) is 8.59. The lowest BCUT2D eigenvalue weighted by Gasteiger charge is -2.27. The van der Waals surface area contributed by atoms with Crippen LogP contribution in [-0.4, -0.2) is 41.4 Å². The maximum atomic E-state index is 14.4. The van der Waals surface area contributed by atoms with Gasteiger partial charge in [-0.15, -0.1) is 0 Å². The molecule has 3 aromatic rings. The number of benzene rings is 2. The molecule has 0 spiro atoms. The molecule has 0 unspecified atom stereocenters. The smallest absolute Gasteiger partial charge is 0.255 e. The molecule has 9 heteroatoms. The number of fused-ring (bicyclic) bond motifs is 1. The standard InChI is InChI=1S/C25H23F2N5O2/c26-17-2-1-3-18(27)22(17)24-31-19(23-20(32-24)13-30-25(23)34)8-14-4-6-15(7-5-14)9-21(33)29-12-16-10-28-11-16/h1-7,16,28H,8-13H2,(H,29,33)(H,30,34). The van der Waals surface area contributed by atoms with Crippen molar-refractivity contribution < 1.29 is 18.4 Å². The lowest BCUT2D eigenvalue weighted by atomic mass is 10.0. The van der Waals surface area contributed by atoms with Crippen LogP contribution in [-0.2, 0) is 24.2 Å². The summed E-state index contributed by atoms with van der Waals surface area (Å²) in [4.78, 5) is 33.2. The van der Waals surface area contributed by atoms with E-state index in [0.717, 1.165) is 36.3 Å². The van der Waals surface area contributed by atoms with Crippen LogP contribution in [0.1, 0.15) is 32.9 Å². The van der Waals surface area contributed by atoms with Crippen LogP contribution in [0.4, 0.5) is 8.78 Å². The molecule has 7 nitrogen and oxygen atoms in total. The van der Waals surface area contributed by atoms with Gasteiger partial charge in [0.05, 0.1) is 35.5 Å². The summed E-state index contributed by atoms with van der Waals surface area (Å²) in [6, 6.07) is 11.0. The van der Waals surface area contributed by atoms with Crippen LogP contribution in [0, 0.1) is 17.6 Å². The van der Waals surface area contributed by atoms with E-state index >= 15 is 0 Å². The zero-order valence-electron chi connectivity index (χ0n) is 18.3. The maximum Gasteiger partial charge on any atom is 0.255 e. The molecule has 2 aliphatic heterocycles. The van der Waals surface area contributed by atoms with E-state index in [1.165, 1.54) is 6.07 Å². The number of carbonyl (C=O) groups excluding carboxylic acids is 2. The fourth-order valence-electron chi connectivity index (χ4n) is 4.12. The predicted molar refractivity (Wildman–Crippen MR) is 121 cm³/mol. The molecule has 0 aliphatic carbocycles. The van der Waals surface area contributed by atoms with Gasteiger partial charge in [-0.3, -0.25) is 9.59 Å². The van der Waals surface area contributed by atoms with E-state index in [1.54, 1.807) is 0 Å². The van der Waals surface area contributed by atoms with Gasteiger partial charge in [-0.2, -0.15) is 0 Å². The fraction of sp³-hybridized carbons (Fsp3) is 0.280. The maximum absolute atomic E-state index is 14.4. The molecule has 3 heterocycles. The summed E-state index contributed by atoms with van der Waals surface area (Å²) < 4.78 is 28.7. The first-order chi connectivity index (χ1) is 16.5. The number of aromatic nitrogens is 2. The lowest BCUT2D eigenvalue weighted by Crippen LogP contribution is -2.48. The second kappa shape index (κ2) is 9.26. The SMILES string of the molecule is O=C(Cc1ccc(Cc2nc(-c3c(F)cccc3F)nc3c2C(=O)NC3)cc1)NCC1CNC1. The van der Waals surface area contributed by atoms with Crippen LogP contribution in [0.5, 0.6) is 0 Å². The summed E-state index contributed by atoms with van der Waals surface area (Å²) in [5.74, 6) is -1.45. The summed E-state index contributed by atoms with van der Waals surface area (Å²) in [5.41, 5.74) is 2.57. The molecule has 0 radical (unpaired) electrons. The third-order valence-corrected chi connectivity index (χ3v) is 6.10. The van der Waals surface area contributed by atoms with Crippen molar-refractivity contribution in [2.45, 2.75) is 19.4 Å². The average Bonchev–Trinajstić information content (AvgIpc) is 3.15. The summed E-state index contributed by atoms with van der Waals surface area (Å²) in [5, 5.41) is 8.83. The van der Waals surface area contributed by atoms with Crippen LogP contribution in [0.15, 0.2) is 42.5 Å². The fourth-order valence-corrected chi connectivity index (χ4v) is 4.12. The Morgan fingerprint density at radius 3 is 2.38 bits per heavy atom. The van der Waals surface area contributed by atoms with Crippen molar-refractivity contribution in [1.29, 1.82) is 0 Å². The van der Waals surface area contributed by atoms with Gasteiger partial charge in [0.15, 0.2) is 5.82 Å². The van der Waals surface area contributed by atoms with Crippen LogP contribution in [0.25, 0.3) is 11.4 Å². The molecule has 0 bridgehead atoms. The molecular formula is C25H23F2N5O2. The van der Waals surface area contributed by atoms with E-state index in [9.17, 15) is 18.4 Å². The molecule has 1 saturated heterocycles. The Hall–Kier alpha value is -3.72. The number of hydrogen-bond acceptors (Lipinski definition) is 5. The van der Waals surface area contributed by atoms with Crippen molar-refractivity contribution in [3.63, 3.8) is 0 Å². The summed E-state index contributed by atoms with van der Waals surface area (Å²) in [6.07, 6.45) is 0.560. The van der Waals surface area contributed by atoms with Crippen molar-refractivity contribution in [1.82, 2.24) is 25.9 Å². The predicted octanol–water partition coefficient (Wildman–Crippen LogP) is 2.13. The highest BCUT2D eigenvalue weighted by molar-refractivity contribution is 5.99. The second-order valence-electron chi connectivity index (χ2n) is 8.59. The third-order valence-electron chi connectivity index (χ3n) is 6.10. The van der Waals surface area contributed by atoms with Crippen molar-refractivity contribution in [3.8, 4) is 11.4 Å². The van der Waals surface area contributed by atoms with Crippen molar-refractivity contribution in [2.24, 2.45) is 5.92 Å². The monoisotopic (exact) mass is 463 g/mol. The topological polar surface area (TPSA) is 96.0 Å². The molecule has 1 fully saturated rings. The summed E-state index contributed by atoms with van der Waals surface area (Å²) >= 11 is 0. The van der Waals surface area contributed by atoms with Crippen molar-refractivity contribution in [2.75, 3.05) is 19.6 Å². The molecule has 0 atom stereocenters. The molecule has 174 valence electrons. The number of nitrogens with zero attached hydrogens (tertiary/aromatic N) is 2. The van der Waals surface area contributed by atoms with Crippen molar-refractivity contribution >= 4 is 11.8 Å². The first-order valence-corrected chi connectivity index (χ1v) is 11.2. The Morgan fingerprint density at radius 2 is 1.71 bits per heavy atom. The van der Waals surface area contributed by atoms with Crippen LogP contribution >= 0.6 is 0 Å². The minimum Gasteiger partial charge on any atom is -0.355 e. The first-order valence-electron chi connectivity index (χ1n) is 11.2. The molecule has 3 N–H and O–H groups in total. The van der Waals surface area contributed by atoms with Crippen molar-refractivity contribution in [3.05, 3.63) is 82.2 Å². The van der Waals surface area contributed by atoms with E-state index in [1.807, 2.05) is 24.3 Å². The summed E-state index contributed by atoms with van der Waals surface area (Å²) in [6.45, 7) is 2.73. The molecule has 2 amide bonds. The quantitative estimate of drug-likeness (QED) is 0.499. The van der Waals surface area contributed by atoms with Gasteiger partial charge in [-0.25, -0.2) is 18.7 Å². The normalized spacial score (nSPS) is 14.9. The van der Waals surface area contributed by atoms with E-state index in [2.05, 4.69) is 25.9 Å². The Morgan fingerprint density at radius 1 is 1.00 bits per heavy atom. The zero-order valence-corrected chi connectivity index (χ0v) is 18.3. The summed E-state index contributed by atoms with van der Waals surface area (Å²) in [7, 11) is 0. The van der Waals surface area contributed by atoms with Gasteiger partial charge < -0.3 is 16.0 Å². The highest BCUT2D eigenvalue weighted by atomic mass is 19.1. The highest BCUT2D eigenvalue weighted by Gasteiger charge is 2.28. The minimum absolute atomic E-state index is 0.0264. The molecule has 0 saturated carbocycles. The van der Waals surface area contributed by atoms with E-state index in [4.69, 9.17) is 0 Å². The molecular weight excluding hydrogens is 440 g/mol. The molecule has 34 heavy (non-hydrogen) atoms. The number of carbonyl (C=O) groups is 2. The Kier molecular flexibility index (Phi) is 6.02. The van der Waals surface area contributed by atoms with Gasteiger partial charge in [0.25, 0.3) is 5.91 Å². The highest BCUT2D eigenvalue weighted by Crippen LogP contribution is 2.27. The van der Waals surface area contributed by atoms with Gasteiger partial charge in [-0.1, -0.05) is 30.3 Å². The Labute approximate surface area is 195 Å². The molecule has 2 aromatic carbocycles. The number of rotatable bonds is 7. The number of hydrogen-bond donors (Lipinski definition) is 3. The van der Waals surface area contributed by atoms with Gasteiger partial charge >= 0.3 is 0 Å². The number of nitrogens with one attached hydrogen (secondary N) is 3. The average molecular weight is 463 g/mol. The number of amides is 2. The van der Waals surface area contributed by atoms with Gasteiger partial charge in [-0.05, 0) is 23.3 Å². The van der Waals surface area contributed by atoms with Crippen LogP contribution < -0.4 is 16.0 Å². The Bertz CT molecular complexity index is 1240. The van der Waals surface area contributed by atoms with Crippen LogP contribution in [0.2, 0.25) is 0 Å². The first kappa shape index (κ1) is 22.1. The van der Waals surface area contributed by atoms with E-state index in [0.29, 0.717) is 29.4 Å². The van der Waals surface area contributed by atoms with Gasteiger partial charge in [0.2, 0.25) is 5.91 Å². The molecule has 5 rings (SSSR count). The lowest BCUT2D eigenvalue weighted by molar-refractivity contribution is -0.120. The third kappa shape index (κ3) is 4.51. The minimum atomic E-state index is -0.764. The van der Waals surface area contributed by atoms with E-state index in [-0.39, 0.29) is 42.6 Å². The van der Waals surface area contributed by atoms with Gasteiger partial charge in [0, 0.05) is 32.0 Å². The number of halogens is 2.